The summed E-state index contributed by atoms with van der Waals surface area (Å²) in [5.41, 5.74) is 4.45. The molecule has 0 unspecified atom stereocenters. The molecule has 0 fully saturated rings. The standard InChI is InChI=1S/C24H24F3N3O2/c1-3-32-23(31)10-18-9-20(15-29-12-18)21-6-4-16(2)8-19(21)14-28-11-17-5-7-22(30-13-17)24(25,26)27/h4-9,12-13,15,28H,3,10-11,14H2,1-2H3. The van der Waals surface area contributed by atoms with Gasteiger partial charge in [0.15, 0.2) is 0 Å². The van der Waals surface area contributed by atoms with E-state index in [1.54, 1.807) is 19.3 Å². The van der Waals surface area contributed by atoms with Crippen LogP contribution in [0.5, 0.6) is 0 Å². The van der Waals surface area contributed by atoms with Crippen LogP contribution in [0, 0.1) is 6.92 Å². The Balaban J connectivity index is 1.72. The first-order chi connectivity index (χ1) is 15.3. The maximum Gasteiger partial charge on any atom is 0.433 e. The van der Waals surface area contributed by atoms with E-state index in [4.69, 9.17) is 4.74 Å². The highest BCUT2D eigenvalue weighted by molar-refractivity contribution is 5.74. The van der Waals surface area contributed by atoms with E-state index >= 15 is 0 Å². The van der Waals surface area contributed by atoms with Gasteiger partial charge in [-0.2, -0.15) is 13.2 Å². The Morgan fingerprint density at radius 1 is 1.03 bits per heavy atom. The summed E-state index contributed by atoms with van der Waals surface area (Å²) < 4.78 is 43.0. The zero-order valence-electron chi connectivity index (χ0n) is 17.9. The van der Waals surface area contributed by atoms with Crippen molar-refractivity contribution in [1.82, 2.24) is 15.3 Å². The number of benzene rings is 1. The smallest absolute Gasteiger partial charge is 0.433 e. The number of carbonyl (C=O) groups excluding carboxylic acids is 1. The summed E-state index contributed by atoms with van der Waals surface area (Å²) in [6, 6.07) is 10.4. The number of hydrogen-bond acceptors (Lipinski definition) is 5. The van der Waals surface area contributed by atoms with Gasteiger partial charge < -0.3 is 10.1 Å². The van der Waals surface area contributed by atoms with Gasteiger partial charge in [0.25, 0.3) is 0 Å². The summed E-state index contributed by atoms with van der Waals surface area (Å²) in [5.74, 6) is -0.303. The van der Waals surface area contributed by atoms with Crippen molar-refractivity contribution in [3.05, 3.63) is 82.9 Å². The Kier molecular flexibility index (Phi) is 7.58. The molecule has 0 atom stereocenters. The van der Waals surface area contributed by atoms with Crippen molar-refractivity contribution in [3.8, 4) is 11.1 Å². The number of ether oxygens (including phenoxy) is 1. The fourth-order valence-electron chi connectivity index (χ4n) is 3.30. The summed E-state index contributed by atoms with van der Waals surface area (Å²) in [4.78, 5) is 19.6. The van der Waals surface area contributed by atoms with Crippen LogP contribution in [0.25, 0.3) is 11.1 Å². The maximum atomic E-state index is 12.7. The number of alkyl halides is 3. The monoisotopic (exact) mass is 443 g/mol. The molecule has 0 saturated carbocycles. The average molecular weight is 443 g/mol. The van der Waals surface area contributed by atoms with Crippen molar-refractivity contribution in [2.45, 2.75) is 39.5 Å². The van der Waals surface area contributed by atoms with E-state index in [-0.39, 0.29) is 12.4 Å². The van der Waals surface area contributed by atoms with Gasteiger partial charge in [-0.15, -0.1) is 0 Å². The molecule has 0 aliphatic heterocycles. The van der Waals surface area contributed by atoms with Crippen molar-refractivity contribution < 1.29 is 22.7 Å². The molecule has 168 valence electrons. The van der Waals surface area contributed by atoms with E-state index in [2.05, 4.69) is 15.3 Å². The van der Waals surface area contributed by atoms with Crippen molar-refractivity contribution in [1.29, 1.82) is 0 Å². The molecule has 0 bridgehead atoms. The quantitative estimate of drug-likeness (QED) is 0.504. The van der Waals surface area contributed by atoms with Gasteiger partial charge in [-0.3, -0.25) is 14.8 Å². The lowest BCUT2D eigenvalue weighted by atomic mass is 9.97. The molecule has 3 rings (SSSR count). The average Bonchev–Trinajstić information content (AvgIpc) is 2.74. The second-order valence-electron chi connectivity index (χ2n) is 7.38. The van der Waals surface area contributed by atoms with Gasteiger partial charge in [0.2, 0.25) is 0 Å². The fraction of sp³-hybridized carbons (Fsp3) is 0.292. The van der Waals surface area contributed by atoms with Crippen LogP contribution in [-0.4, -0.2) is 22.5 Å². The van der Waals surface area contributed by atoms with Crippen molar-refractivity contribution in [2.75, 3.05) is 6.61 Å². The van der Waals surface area contributed by atoms with Crippen LogP contribution in [0.4, 0.5) is 13.2 Å². The van der Waals surface area contributed by atoms with Gasteiger partial charge in [0.1, 0.15) is 5.69 Å². The lowest BCUT2D eigenvalue weighted by Gasteiger charge is -2.13. The minimum Gasteiger partial charge on any atom is -0.466 e. The number of aryl methyl sites for hydroxylation is 1. The van der Waals surface area contributed by atoms with Crippen molar-refractivity contribution in [2.24, 2.45) is 0 Å². The number of rotatable bonds is 8. The molecule has 0 radical (unpaired) electrons. The Bertz CT molecular complexity index is 1070. The van der Waals surface area contributed by atoms with E-state index in [1.165, 1.54) is 12.3 Å². The zero-order valence-corrected chi connectivity index (χ0v) is 17.9. The number of nitrogens with one attached hydrogen (secondary N) is 1. The molecule has 0 spiro atoms. The van der Waals surface area contributed by atoms with E-state index in [0.29, 0.717) is 25.3 Å². The molecule has 0 saturated heterocycles. The highest BCUT2D eigenvalue weighted by Gasteiger charge is 2.31. The molecule has 0 aliphatic carbocycles. The molecule has 1 N–H and O–H groups in total. The summed E-state index contributed by atoms with van der Waals surface area (Å²) in [7, 11) is 0. The summed E-state index contributed by atoms with van der Waals surface area (Å²) in [6.45, 7) is 4.95. The number of halogens is 3. The first kappa shape index (κ1) is 23.4. The van der Waals surface area contributed by atoms with Gasteiger partial charge in [0.05, 0.1) is 13.0 Å². The Morgan fingerprint density at radius 2 is 1.84 bits per heavy atom. The predicted molar refractivity (Wildman–Crippen MR) is 115 cm³/mol. The number of aromatic nitrogens is 2. The Labute approximate surface area is 184 Å². The minimum atomic E-state index is -4.45. The topological polar surface area (TPSA) is 64.1 Å². The molecule has 0 aliphatic rings. The lowest BCUT2D eigenvalue weighted by molar-refractivity contribution is -0.142. The number of pyridine rings is 2. The normalized spacial score (nSPS) is 11.4. The van der Waals surface area contributed by atoms with E-state index in [0.717, 1.165) is 33.9 Å². The molecule has 2 aromatic heterocycles. The number of carbonyl (C=O) groups is 1. The SMILES string of the molecule is CCOC(=O)Cc1cncc(-c2ccc(C)cc2CNCc2ccc(C(F)(F)F)nc2)c1. The summed E-state index contributed by atoms with van der Waals surface area (Å²) in [5, 5.41) is 3.26. The number of hydrogen-bond donors (Lipinski definition) is 1. The van der Waals surface area contributed by atoms with Crippen molar-refractivity contribution in [3.63, 3.8) is 0 Å². The van der Waals surface area contributed by atoms with Crippen LogP contribution in [0.2, 0.25) is 0 Å². The maximum absolute atomic E-state index is 12.7. The lowest BCUT2D eigenvalue weighted by Crippen LogP contribution is -2.15. The molecule has 8 heteroatoms. The molecule has 32 heavy (non-hydrogen) atoms. The Morgan fingerprint density at radius 3 is 2.53 bits per heavy atom. The fourth-order valence-corrected chi connectivity index (χ4v) is 3.30. The third kappa shape index (κ3) is 6.37. The molecular weight excluding hydrogens is 419 g/mol. The summed E-state index contributed by atoms with van der Waals surface area (Å²) in [6.07, 6.45) is 0.315. The van der Waals surface area contributed by atoms with Gasteiger partial charge >= 0.3 is 12.1 Å². The minimum absolute atomic E-state index is 0.148. The first-order valence-electron chi connectivity index (χ1n) is 10.2. The molecular formula is C24H24F3N3O2. The first-order valence-corrected chi connectivity index (χ1v) is 10.2. The highest BCUT2D eigenvalue weighted by Crippen LogP contribution is 2.27. The second-order valence-corrected chi connectivity index (χ2v) is 7.38. The van der Waals surface area contributed by atoms with E-state index < -0.39 is 11.9 Å². The van der Waals surface area contributed by atoms with Crippen LogP contribution in [-0.2, 0) is 35.2 Å². The second kappa shape index (κ2) is 10.4. The van der Waals surface area contributed by atoms with Crippen LogP contribution in [0.15, 0.2) is 55.0 Å². The van der Waals surface area contributed by atoms with Crippen LogP contribution in [0.3, 0.4) is 0 Å². The zero-order chi connectivity index (χ0) is 23.1. The van der Waals surface area contributed by atoms with E-state index in [9.17, 15) is 18.0 Å². The molecule has 0 amide bonds. The molecule has 5 nitrogen and oxygen atoms in total. The molecule has 3 aromatic rings. The molecule has 2 heterocycles. The van der Waals surface area contributed by atoms with Gasteiger partial charge in [-0.05, 0) is 48.2 Å². The van der Waals surface area contributed by atoms with E-state index in [1.807, 2.05) is 31.2 Å². The highest BCUT2D eigenvalue weighted by atomic mass is 19.4. The number of nitrogens with zero attached hydrogens (tertiary/aromatic N) is 2. The number of esters is 1. The largest absolute Gasteiger partial charge is 0.466 e. The molecule has 1 aromatic carbocycles. The van der Waals surface area contributed by atoms with Crippen molar-refractivity contribution >= 4 is 5.97 Å². The summed E-state index contributed by atoms with van der Waals surface area (Å²) >= 11 is 0. The van der Waals surface area contributed by atoms with Gasteiger partial charge in [-0.25, -0.2) is 0 Å². The van der Waals surface area contributed by atoms with Crippen LogP contribution < -0.4 is 5.32 Å². The third-order valence-electron chi connectivity index (χ3n) is 4.78. The van der Waals surface area contributed by atoms with Crippen LogP contribution in [0.1, 0.15) is 34.9 Å². The van der Waals surface area contributed by atoms with Crippen LogP contribution >= 0.6 is 0 Å². The predicted octanol–water partition coefficient (Wildman–Crippen LogP) is 4.87. The third-order valence-corrected chi connectivity index (χ3v) is 4.78. The van der Waals surface area contributed by atoms with Gasteiger partial charge in [0, 0.05) is 37.2 Å². The van der Waals surface area contributed by atoms with Gasteiger partial charge in [-0.1, -0.05) is 29.8 Å². The Hall–Kier alpha value is -3.26.